The Labute approximate surface area is 175 Å². The van der Waals surface area contributed by atoms with Crippen LogP contribution >= 0.6 is 0 Å². The first-order chi connectivity index (χ1) is 14.1. The lowest BCUT2D eigenvalue weighted by Crippen LogP contribution is -2.49. The number of nitrogens with zero attached hydrogens (tertiary/aromatic N) is 3. The van der Waals surface area contributed by atoms with Crippen LogP contribution in [0.1, 0.15) is 43.5 Å². The van der Waals surface area contributed by atoms with Gasteiger partial charge in [0, 0.05) is 18.2 Å². The predicted molar refractivity (Wildman–Crippen MR) is 107 cm³/mol. The first-order valence-corrected chi connectivity index (χ1v) is 9.99. The molecular formula is C23H26F3N3O. The number of aryl methyl sites for hydroxylation is 1. The zero-order chi connectivity index (χ0) is 22.0. The van der Waals surface area contributed by atoms with Crippen molar-refractivity contribution in [1.29, 1.82) is 5.26 Å². The predicted octanol–water partition coefficient (Wildman–Crippen LogP) is 4.44. The minimum atomic E-state index is -4.69. The Hall–Kier alpha value is -2.43. The molecule has 1 N–H and O–H groups in total. The molecule has 1 saturated heterocycles. The van der Waals surface area contributed by atoms with Gasteiger partial charge in [0.25, 0.3) is 0 Å². The summed E-state index contributed by atoms with van der Waals surface area (Å²) in [7, 11) is 0. The maximum atomic E-state index is 13.6. The molecule has 0 spiro atoms. The number of aliphatic hydroxyl groups is 1. The van der Waals surface area contributed by atoms with E-state index in [1.165, 1.54) is 0 Å². The normalized spacial score (nSPS) is 21.4. The maximum Gasteiger partial charge on any atom is 0.414 e. The van der Waals surface area contributed by atoms with Crippen molar-refractivity contribution in [1.82, 2.24) is 9.88 Å². The van der Waals surface area contributed by atoms with Crippen LogP contribution < -0.4 is 0 Å². The third kappa shape index (κ3) is 4.50. The van der Waals surface area contributed by atoms with E-state index in [9.17, 15) is 18.3 Å². The fourth-order valence-electron chi connectivity index (χ4n) is 4.36. The fourth-order valence-corrected chi connectivity index (χ4v) is 4.36. The Balaban J connectivity index is 1.86. The summed E-state index contributed by atoms with van der Waals surface area (Å²) in [6.07, 6.45) is -4.65. The summed E-state index contributed by atoms with van der Waals surface area (Å²) in [6.45, 7) is 4.45. The summed E-state index contributed by atoms with van der Waals surface area (Å²) in [6, 6.07) is 14.5. The van der Waals surface area contributed by atoms with Crippen molar-refractivity contribution in [3.8, 4) is 6.07 Å². The van der Waals surface area contributed by atoms with Crippen molar-refractivity contribution < 1.29 is 18.3 Å². The molecule has 1 fully saturated rings. The van der Waals surface area contributed by atoms with Gasteiger partial charge in [-0.2, -0.15) is 18.4 Å². The average Bonchev–Trinajstić information content (AvgIpc) is 3.18. The second-order valence-corrected chi connectivity index (χ2v) is 8.56. The molecule has 0 saturated carbocycles. The van der Waals surface area contributed by atoms with E-state index < -0.39 is 23.2 Å². The number of aliphatic hydroxyl groups excluding tert-OH is 1. The van der Waals surface area contributed by atoms with E-state index in [0.717, 1.165) is 11.3 Å². The Morgan fingerprint density at radius 3 is 2.63 bits per heavy atom. The minimum absolute atomic E-state index is 0.120. The van der Waals surface area contributed by atoms with E-state index in [0.29, 0.717) is 18.5 Å². The molecule has 0 radical (unpaired) electrons. The van der Waals surface area contributed by atoms with E-state index in [2.05, 4.69) is 11.1 Å². The Morgan fingerprint density at radius 2 is 2.00 bits per heavy atom. The zero-order valence-corrected chi connectivity index (χ0v) is 17.2. The highest BCUT2D eigenvalue weighted by Gasteiger charge is 2.56. The van der Waals surface area contributed by atoms with E-state index in [1.54, 1.807) is 36.5 Å². The highest BCUT2D eigenvalue weighted by atomic mass is 19.4. The van der Waals surface area contributed by atoms with Gasteiger partial charge in [0.1, 0.15) is 0 Å². The number of aromatic nitrogens is 1. The molecule has 2 heterocycles. The molecule has 0 amide bonds. The average molecular weight is 417 g/mol. The molecule has 2 atom stereocenters. The number of likely N-dealkylation sites (tertiary alicyclic amines) is 1. The van der Waals surface area contributed by atoms with Crippen molar-refractivity contribution in [2.75, 3.05) is 13.1 Å². The Kier molecular flexibility index (Phi) is 6.21. The molecule has 30 heavy (non-hydrogen) atoms. The fraction of sp³-hybridized carbons (Fsp3) is 0.478. The third-order valence-electron chi connectivity index (χ3n) is 6.33. The molecule has 1 aliphatic heterocycles. The smallest absolute Gasteiger partial charge is 0.383 e. The molecule has 1 aromatic carbocycles. The van der Waals surface area contributed by atoms with Gasteiger partial charge in [-0.25, -0.2) is 0 Å². The van der Waals surface area contributed by atoms with Crippen molar-refractivity contribution >= 4 is 0 Å². The second kappa shape index (κ2) is 8.37. The number of hydrogen-bond donors (Lipinski definition) is 1. The summed E-state index contributed by atoms with van der Waals surface area (Å²) in [5, 5.41) is 19.4. The standard InChI is InChI=1S/C23H26F3N3O/c1-21(2,19-8-3-4-12-28-19)29-13-11-22(16-29,20(30)23(24,25)26)10-9-17-6-5-7-18(14-17)15-27/h3-8,12,14,20,30H,9-11,13,16H2,1-2H3/t20-,22-/m1/s1. The van der Waals surface area contributed by atoms with E-state index in [1.807, 2.05) is 30.9 Å². The molecule has 160 valence electrons. The summed E-state index contributed by atoms with van der Waals surface area (Å²) >= 11 is 0. The molecule has 0 aliphatic carbocycles. The molecule has 1 aliphatic rings. The molecule has 4 nitrogen and oxygen atoms in total. The summed E-state index contributed by atoms with van der Waals surface area (Å²) < 4.78 is 40.8. The zero-order valence-electron chi connectivity index (χ0n) is 17.2. The van der Waals surface area contributed by atoms with E-state index in [4.69, 9.17) is 5.26 Å². The number of hydrogen-bond acceptors (Lipinski definition) is 4. The summed E-state index contributed by atoms with van der Waals surface area (Å²) in [5.74, 6) is 0. The van der Waals surface area contributed by atoms with Crippen LogP contribution in [-0.2, 0) is 12.0 Å². The van der Waals surface area contributed by atoms with Crippen LogP contribution in [-0.4, -0.2) is 40.4 Å². The lowest BCUT2D eigenvalue weighted by Gasteiger charge is -2.39. The van der Waals surface area contributed by atoms with Crippen LogP contribution in [0.5, 0.6) is 0 Å². The second-order valence-electron chi connectivity index (χ2n) is 8.56. The minimum Gasteiger partial charge on any atom is -0.383 e. The van der Waals surface area contributed by atoms with Crippen LogP contribution in [0.4, 0.5) is 13.2 Å². The number of alkyl halides is 3. The first kappa shape index (κ1) is 22.3. The van der Waals surface area contributed by atoms with Crippen LogP contribution in [0.15, 0.2) is 48.7 Å². The van der Waals surface area contributed by atoms with Gasteiger partial charge in [-0.1, -0.05) is 18.2 Å². The van der Waals surface area contributed by atoms with Crippen LogP contribution in [0.2, 0.25) is 0 Å². The molecule has 2 aromatic rings. The number of halogens is 3. The number of nitriles is 1. The van der Waals surface area contributed by atoms with E-state index in [-0.39, 0.29) is 19.4 Å². The first-order valence-electron chi connectivity index (χ1n) is 9.99. The van der Waals surface area contributed by atoms with Crippen molar-refractivity contribution in [2.45, 2.75) is 50.9 Å². The van der Waals surface area contributed by atoms with Gasteiger partial charge < -0.3 is 5.11 Å². The Bertz CT molecular complexity index is 908. The summed E-state index contributed by atoms with van der Waals surface area (Å²) in [4.78, 5) is 6.37. The van der Waals surface area contributed by atoms with Gasteiger partial charge in [0.2, 0.25) is 0 Å². The molecule has 0 unspecified atom stereocenters. The Morgan fingerprint density at radius 1 is 1.23 bits per heavy atom. The van der Waals surface area contributed by atoms with E-state index >= 15 is 0 Å². The van der Waals surface area contributed by atoms with Gasteiger partial charge >= 0.3 is 6.18 Å². The molecule has 0 bridgehead atoms. The van der Waals surface area contributed by atoms with Crippen LogP contribution in [0, 0.1) is 16.7 Å². The van der Waals surface area contributed by atoms with Gasteiger partial charge in [-0.3, -0.25) is 9.88 Å². The number of benzene rings is 1. The summed E-state index contributed by atoms with van der Waals surface area (Å²) in [5.41, 5.74) is 0.179. The van der Waals surface area contributed by atoms with Crippen molar-refractivity contribution in [3.05, 3.63) is 65.5 Å². The SMILES string of the molecule is CC(C)(c1ccccn1)N1CC[C@@](CCc2cccc(C#N)c2)([C@@H](O)C(F)(F)F)C1. The largest absolute Gasteiger partial charge is 0.414 e. The molecular weight excluding hydrogens is 391 g/mol. The highest BCUT2D eigenvalue weighted by molar-refractivity contribution is 5.33. The lowest BCUT2D eigenvalue weighted by molar-refractivity contribution is -0.239. The van der Waals surface area contributed by atoms with Gasteiger partial charge in [-0.05, 0) is 69.5 Å². The monoisotopic (exact) mass is 417 g/mol. The van der Waals surface area contributed by atoms with Crippen LogP contribution in [0.3, 0.4) is 0 Å². The number of rotatable bonds is 6. The maximum absolute atomic E-state index is 13.6. The van der Waals surface area contributed by atoms with Gasteiger partial charge in [-0.15, -0.1) is 0 Å². The highest BCUT2D eigenvalue weighted by Crippen LogP contribution is 2.47. The van der Waals surface area contributed by atoms with Gasteiger partial charge in [0.05, 0.1) is 22.9 Å². The van der Waals surface area contributed by atoms with Crippen molar-refractivity contribution in [3.63, 3.8) is 0 Å². The van der Waals surface area contributed by atoms with Crippen molar-refractivity contribution in [2.24, 2.45) is 5.41 Å². The molecule has 1 aromatic heterocycles. The quantitative estimate of drug-likeness (QED) is 0.755. The molecule has 7 heteroatoms. The van der Waals surface area contributed by atoms with Gasteiger partial charge in [0.15, 0.2) is 6.10 Å². The topological polar surface area (TPSA) is 60.2 Å². The van der Waals surface area contributed by atoms with Crippen LogP contribution in [0.25, 0.3) is 0 Å². The number of pyridine rings is 1. The molecule has 3 rings (SSSR count). The lowest BCUT2D eigenvalue weighted by atomic mass is 9.75. The third-order valence-corrected chi connectivity index (χ3v) is 6.33.